The summed E-state index contributed by atoms with van der Waals surface area (Å²) in [5, 5.41) is 0. The fourth-order valence-electron chi connectivity index (χ4n) is 3.02. The Hall–Kier alpha value is -0.540. The van der Waals surface area contributed by atoms with Gasteiger partial charge in [0.25, 0.3) is 0 Å². The molecule has 15 heavy (non-hydrogen) atoms. The lowest BCUT2D eigenvalue weighted by Gasteiger charge is -2.36. The Morgan fingerprint density at radius 3 is 2.67 bits per heavy atom. The maximum absolute atomic E-state index is 5.72. The molecule has 1 aliphatic carbocycles. The van der Waals surface area contributed by atoms with Crippen LogP contribution in [0.4, 0.5) is 0 Å². The third-order valence-corrected chi connectivity index (χ3v) is 3.94. The fraction of sp³-hybridized carbons (Fsp3) is 0.833. The van der Waals surface area contributed by atoms with E-state index in [0.717, 1.165) is 19.4 Å². The first-order chi connectivity index (χ1) is 7.26. The first kappa shape index (κ1) is 11.0. The Labute approximate surface area is 92.0 Å². The number of rotatable bonds is 3. The van der Waals surface area contributed by atoms with E-state index in [4.69, 9.17) is 10.6 Å². The molecule has 0 radical (unpaired) electrons. The molecule has 1 unspecified atom stereocenters. The molecule has 0 aromatic heterocycles. The van der Waals surface area contributed by atoms with E-state index in [1.54, 1.807) is 0 Å². The lowest BCUT2D eigenvalue weighted by molar-refractivity contribution is 0.192. The van der Waals surface area contributed by atoms with Crippen molar-refractivity contribution in [3.8, 4) is 0 Å². The Bertz CT molecular complexity index is 244. The molecule has 1 atom stereocenters. The quantitative estimate of drug-likeness (QED) is 0.554. The molecule has 2 rings (SSSR count). The predicted octanol–water partition coefficient (Wildman–Crippen LogP) is 2.09. The summed E-state index contributed by atoms with van der Waals surface area (Å²) in [6, 6.07) is 0.306. The average molecular weight is 210 g/mol. The van der Waals surface area contributed by atoms with Crippen LogP contribution in [-0.4, -0.2) is 12.6 Å². The molecule has 3 heteroatoms. The summed E-state index contributed by atoms with van der Waals surface area (Å²) in [4.78, 5) is 0. The van der Waals surface area contributed by atoms with E-state index in [1.165, 1.54) is 31.3 Å². The largest absolute Gasteiger partial charge is 0.501 e. The summed E-state index contributed by atoms with van der Waals surface area (Å²) >= 11 is 0. The topological polar surface area (TPSA) is 47.3 Å². The van der Waals surface area contributed by atoms with Crippen molar-refractivity contribution in [2.45, 2.75) is 51.5 Å². The molecular weight excluding hydrogens is 188 g/mol. The Kier molecular flexibility index (Phi) is 3.32. The van der Waals surface area contributed by atoms with Crippen molar-refractivity contribution >= 4 is 0 Å². The van der Waals surface area contributed by atoms with Gasteiger partial charge in [-0.3, -0.25) is 11.3 Å². The van der Waals surface area contributed by atoms with Crippen LogP contribution in [0.25, 0.3) is 0 Å². The highest BCUT2D eigenvalue weighted by molar-refractivity contribution is 5.15. The van der Waals surface area contributed by atoms with Gasteiger partial charge < -0.3 is 4.74 Å². The number of hydrazine groups is 1. The van der Waals surface area contributed by atoms with Gasteiger partial charge in [0.15, 0.2) is 0 Å². The minimum absolute atomic E-state index is 0.306. The highest BCUT2D eigenvalue weighted by Crippen LogP contribution is 2.43. The van der Waals surface area contributed by atoms with E-state index in [9.17, 15) is 0 Å². The molecular formula is C12H22N2O. The number of nitrogens with two attached hydrogens (primary N) is 1. The summed E-state index contributed by atoms with van der Waals surface area (Å²) in [5.74, 6) is 5.72. The Balaban J connectivity index is 2.11. The van der Waals surface area contributed by atoms with Gasteiger partial charge in [-0.05, 0) is 36.7 Å². The van der Waals surface area contributed by atoms with Crippen molar-refractivity contribution in [1.82, 2.24) is 5.43 Å². The third-order valence-electron chi connectivity index (χ3n) is 3.94. The van der Waals surface area contributed by atoms with Crippen molar-refractivity contribution < 1.29 is 4.74 Å². The van der Waals surface area contributed by atoms with Crippen LogP contribution < -0.4 is 11.3 Å². The standard InChI is InChI=1S/C12H22N2O/c1-12(6-2-3-7-12)11(14-13)10-5-4-8-15-9-10/h9,11,14H,2-8,13H2,1H3. The molecule has 86 valence electrons. The predicted molar refractivity (Wildman–Crippen MR) is 61.0 cm³/mol. The maximum Gasteiger partial charge on any atom is 0.0876 e. The van der Waals surface area contributed by atoms with Crippen LogP contribution in [0.5, 0.6) is 0 Å². The molecule has 0 saturated heterocycles. The van der Waals surface area contributed by atoms with Crippen LogP contribution in [0.15, 0.2) is 11.8 Å². The normalized spacial score (nSPS) is 26.9. The molecule has 0 aromatic rings. The number of nitrogens with one attached hydrogen (secondary N) is 1. The van der Waals surface area contributed by atoms with Gasteiger partial charge >= 0.3 is 0 Å². The highest BCUT2D eigenvalue weighted by Gasteiger charge is 2.38. The minimum atomic E-state index is 0.306. The molecule has 1 aliphatic heterocycles. The lowest BCUT2D eigenvalue weighted by atomic mass is 9.76. The minimum Gasteiger partial charge on any atom is -0.501 e. The van der Waals surface area contributed by atoms with Crippen LogP contribution in [0, 0.1) is 5.41 Å². The third kappa shape index (κ3) is 2.18. The van der Waals surface area contributed by atoms with E-state index in [0.29, 0.717) is 11.5 Å². The first-order valence-corrected chi connectivity index (χ1v) is 6.03. The van der Waals surface area contributed by atoms with Crippen molar-refractivity contribution in [2.24, 2.45) is 11.3 Å². The molecule has 3 nitrogen and oxygen atoms in total. The summed E-state index contributed by atoms with van der Waals surface area (Å²) in [6.45, 7) is 3.21. The van der Waals surface area contributed by atoms with Crippen molar-refractivity contribution in [3.05, 3.63) is 11.8 Å². The monoisotopic (exact) mass is 210 g/mol. The lowest BCUT2D eigenvalue weighted by Crippen LogP contribution is -2.47. The van der Waals surface area contributed by atoms with E-state index < -0.39 is 0 Å². The molecule has 0 amide bonds. The van der Waals surface area contributed by atoms with Gasteiger partial charge in [-0.25, -0.2) is 0 Å². The van der Waals surface area contributed by atoms with E-state index in [-0.39, 0.29) is 0 Å². The highest BCUT2D eigenvalue weighted by atomic mass is 16.5. The second kappa shape index (κ2) is 4.54. The zero-order valence-electron chi connectivity index (χ0n) is 9.59. The summed E-state index contributed by atoms with van der Waals surface area (Å²) < 4.78 is 5.41. The van der Waals surface area contributed by atoms with Gasteiger partial charge in [0.2, 0.25) is 0 Å². The molecule has 0 aromatic carbocycles. The zero-order chi connectivity index (χ0) is 10.7. The van der Waals surface area contributed by atoms with Crippen LogP contribution in [0.3, 0.4) is 0 Å². The van der Waals surface area contributed by atoms with Gasteiger partial charge in [-0.15, -0.1) is 0 Å². The smallest absolute Gasteiger partial charge is 0.0876 e. The van der Waals surface area contributed by atoms with Gasteiger partial charge in [-0.1, -0.05) is 19.8 Å². The Morgan fingerprint density at radius 2 is 2.13 bits per heavy atom. The first-order valence-electron chi connectivity index (χ1n) is 6.03. The fourth-order valence-corrected chi connectivity index (χ4v) is 3.02. The van der Waals surface area contributed by atoms with E-state index in [1.807, 2.05) is 6.26 Å². The second-order valence-electron chi connectivity index (χ2n) is 5.13. The molecule has 1 saturated carbocycles. The molecule has 2 aliphatic rings. The summed E-state index contributed by atoms with van der Waals surface area (Å²) in [6.07, 6.45) is 9.41. The van der Waals surface area contributed by atoms with Crippen LogP contribution >= 0.6 is 0 Å². The molecule has 0 spiro atoms. The molecule has 1 heterocycles. The number of hydrogen-bond acceptors (Lipinski definition) is 3. The van der Waals surface area contributed by atoms with Gasteiger partial charge in [-0.2, -0.15) is 0 Å². The second-order valence-corrected chi connectivity index (χ2v) is 5.13. The van der Waals surface area contributed by atoms with Gasteiger partial charge in [0.1, 0.15) is 0 Å². The van der Waals surface area contributed by atoms with Gasteiger partial charge in [0, 0.05) is 0 Å². The van der Waals surface area contributed by atoms with Crippen molar-refractivity contribution in [3.63, 3.8) is 0 Å². The molecule has 0 bridgehead atoms. The van der Waals surface area contributed by atoms with E-state index in [2.05, 4.69) is 12.3 Å². The summed E-state index contributed by atoms with van der Waals surface area (Å²) in [7, 11) is 0. The Morgan fingerprint density at radius 1 is 1.40 bits per heavy atom. The zero-order valence-corrected chi connectivity index (χ0v) is 9.59. The van der Waals surface area contributed by atoms with Crippen LogP contribution in [0.1, 0.15) is 45.4 Å². The summed E-state index contributed by atoms with van der Waals surface area (Å²) in [5.41, 5.74) is 4.70. The SMILES string of the molecule is CC1(C(NN)C2=COCCC2)CCCC1. The van der Waals surface area contributed by atoms with Crippen molar-refractivity contribution in [2.75, 3.05) is 6.61 Å². The van der Waals surface area contributed by atoms with Crippen molar-refractivity contribution in [1.29, 1.82) is 0 Å². The van der Waals surface area contributed by atoms with Gasteiger partial charge in [0.05, 0.1) is 18.9 Å². The van der Waals surface area contributed by atoms with Crippen LogP contribution in [0.2, 0.25) is 0 Å². The average Bonchev–Trinajstić information content (AvgIpc) is 2.68. The molecule has 3 N–H and O–H groups in total. The number of hydrogen-bond donors (Lipinski definition) is 2. The van der Waals surface area contributed by atoms with E-state index >= 15 is 0 Å². The molecule has 1 fully saturated rings. The van der Waals surface area contributed by atoms with Crippen LogP contribution in [-0.2, 0) is 4.74 Å². The maximum atomic E-state index is 5.72. The number of ether oxygens (including phenoxy) is 1.